The van der Waals surface area contributed by atoms with E-state index in [4.69, 9.17) is 4.43 Å². The van der Waals surface area contributed by atoms with E-state index >= 15 is 0 Å². The molecule has 0 spiro atoms. The molecular formula is C11H13OSi. The summed E-state index contributed by atoms with van der Waals surface area (Å²) in [5.74, 6) is 0. The maximum Gasteiger partial charge on any atom is 0.246 e. The molecule has 13 heavy (non-hydrogen) atoms. The van der Waals surface area contributed by atoms with Crippen molar-refractivity contribution in [3.63, 3.8) is 0 Å². The van der Waals surface area contributed by atoms with Gasteiger partial charge in [-0.3, -0.25) is 0 Å². The molecule has 2 heteroatoms. The molecule has 1 unspecified atom stereocenters. The highest BCUT2D eigenvalue weighted by molar-refractivity contribution is 5.98. The highest BCUT2D eigenvalue weighted by Gasteiger charge is 2.03. The van der Waals surface area contributed by atoms with E-state index in [0.717, 1.165) is 6.42 Å². The molecule has 0 fully saturated rings. The Labute approximate surface area is 83.0 Å². The van der Waals surface area contributed by atoms with Gasteiger partial charge in [0.1, 0.15) is 0 Å². The molecule has 0 heterocycles. The van der Waals surface area contributed by atoms with Gasteiger partial charge in [0.05, 0.1) is 0 Å². The van der Waals surface area contributed by atoms with Crippen LogP contribution in [0.1, 0.15) is 18.1 Å². The fourth-order valence-corrected chi connectivity index (χ4v) is 1.35. The normalized spacial score (nSPS) is 12.5. The SMILES string of the molecule is C=Cc1ccccc1CC(C)O[Si]. The van der Waals surface area contributed by atoms with Crippen molar-refractivity contribution in [1.82, 2.24) is 0 Å². The number of benzene rings is 1. The van der Waals surface area contributed by atoms with Crippen molar-refractivity contribution in [3.05, 3.63) is 42.0 Å². The minimum absolute atomic E-state index is 0.178. The highest BCUT2D eigenvalue weighted by Crippen LogP contribution is 2.12. The molecule has 1 aromatic rings. The predicted octanol–water partition coefficient (Wildman–Crippen LogP) is 2.36. The van der Waals surface area contributed by atoms with Gasteiger partial charge in [0.15, 0.2) is 0 Å². The van der Waals surface area contributed by atoms with Crippen molar-refractivity contribution < 1.29 is 4.43 Å². The zero-order valence-corrected chi connectivity index (χ0v) is 8.79. The molecule has 1 atom stereocenters. The molecular weight excluding hydrogens is 176 g/mol. The Balaban J connectivity index is 2.80. The van der Waals surface area contributed by atoms with E-state index in [1.54, 1.807) is 0 Å². The third-order valence-corrected chi connectivity index (χ3v) is 2.39. The minimum Gasteiger partial charge on any atom is -0.416 e. The first kappa shape index (κ1) is 10.2. The van der Waals surface area contributed by atoms with Gasteiger partial charge in [0.25, 0.3) is 0 Å². The fourth-order valence-electron chi connectivity index (χ4n) is 1.27. The lowest BCUT2D eigenvalue weighted by molar-refractivity contribution is 0.244. The van der Waals surface area contributed by atoms with Gasteiger partial charge in [-0.25, -0.2) is 0 Å². The van der Waals surface area contributed by atoms with E-state index in [1.807, 2.05) is 25.1 Å². The third-order valence-electron chi connectivity index (χ3n) is 1.98. The predicted molar refractivity (Wildman–Crippen MR) is 56.5 cm³/mol. The van der Waals surface area contributed by atoms with Crippen LogP contribution in [0.3, 0.4) is 0 Å². The Bertz CT molecular complexity index is 283. The van der Waals surface area contributed by atoms with Crippen LogP contribution in [-0.2, 0) is 10.8 Å². The van der Waals surface area contributed by atoms with Crippen molar-refractivity contribution in [2.45, 2.75) is 19.4 Å². The standard InChI is InChI=1S/C11H13OSi/c1-3-10-6-4-5-7-11(10)8-9(2)12-13/h3-7,9H,1,8H2,2H3. The summed E-state index contributed by atoms with van der Waals surface area (Å²) in [4.78, 5) is 0. The van der Waals surface area contributed by atoms with Crippen LogP contribution in [0.4, 0.5) is 0 Å². The first-order valence-electron chi connectivity index (χ1n) is 4.30. The maximum atomic E-state index is 5.02. The molecule has 1 nitrogen and oxygen atoms in total. The Hall–Kier alpha value is -0.863. The van der Waals surface area contributed by atoms with Gasteiger partial charge in [0.2, 0.25) is 10.5 Å². The summed E-state index contributed by atoms with van der Waals surface area (Å²) in [6, 6.07) is 8.20. The average molecular weight is 189 g/mol. The van der Waals surface area contributed by atoms with Gasteiger partial charge in [-0.05, 0) is 24.5 Å². The molecule has 0 N–H and O–H groups in total. The summed E-state index contributed by atoms with van der Waals surface area (Å²) >= 11 is 0. The Morgan fingerprint density at radius 1 is 1.54 bits per heavy atom. The molecule has 0 saturated carbocycles. The molecule has 1 aromatic carbocycles. The first-order chi connectivity index (χ1) is 6.27. The van der Waals surface area contributed by atoms with Gasteiger partial charge >= 0.3 is 0 Å². The van der Waals surface area contributed by atoms with Crippen LogP contribution in [0, 0.1) is 0 Å². The zero-order valence-electron chi connectivity index (χ0n) is 7.79. The summed E-state index contributed by atoms with van der Waals surface area (Å²) in [6.45, 7) is 5.79. The quantitative estimate of drug-likeness (QED) is 0.661. The number of rotatable bonds is 4. The van der Waals surface area contributed by atoms with Crippen molar-refractivity contribution in [1.29, 1.82) is 0 Å². The highest BCUT2D eigenvalue weighted by atomic mass is 28.2. The molecule has 0 amide bonds. The van der Waals surface area contributed by atoms with Gasteiger partial charge < -0.3 is 4.43 Å². The van der Waals surface area contributed by atoms with Crippen LogP contribution < -0.4 is 0 Å². The molecule has 1 rings (SSSR count). The molecule has 67 valence electrons. The average Bonchev–Trinajstić information content (AvgIpc) is 2.18. The molecule has 3 radical (unpaired) electrons. The Morgan fingerprint density at radius 3 is 2.85 bits per heavy atom. The lowest BCUT2D eigenvalue weighted by Gasteiger charge is -2.11. The smallest absolute Gasteiger partial charge is 0.246 e. The van der Waals surface area contributed by atoms with E-state index < -0.39 is 0 Å². The minimum atomic E-state index is 0.178. The van der Waals surface area contributed by atoms with Crippen LogP contribution in [0.5, 0.6) is 0 Å². The largest absolute Gasteiger partial charge is 0.416 e. The van der Waals surface area contributed by atoms with E-state index in [-0.39, 0.29) is 6.10 Å². The zero-order chi connectivity index (χ0) is 9.68. The Kier molecular flexibility index (Phi) is 3.93. The first-order valence-corrected chi connectivity index (χ1v) is 4.71. The summed E-state index contributed by atoms with van der Waals surface area (Å²) in [5, 5.41) is 0. The van der Waals surface area contributed by atoms with Crippen molar-refractivity contribution in [3.8, 4) is 0 Å². The summed E-state index contributed by atoms with van der Waals surface area (Å²) in [6.07, 6.45) is 2.94. The van der Waals surface area contributed by atoms with Gasteiger partial charge in [-0.1, -0.05) is 36.9 Å². The fraction of sp³-hybridized carbons (Fsp3) is 0.273. The number of hydrogen-bond acceptors (Lipinski definition) is 1. The third kappa shape index (κ3) is 2.83. The van der Waals surface area contributed by atoms with E-state index in [9.17, 15) is 0 Å². The number of hydrogen-bond donors (Lipinski definition) is 0. The van der Waals surface area contributed by atoms with Crippen LogP contribution in [0.15, 0.2) is 30.8 Å². The second-order valence-corrected chi connectivity index (χ2v) is 3.27. The van der Waals surface area contributed by atoms with Crippen molar-refractivity contribution >= 4 is 16.6 Å². The van der Waals surface area contributed by atoms with Crippen LogP contribution >= 0.6 is 0 Å². The lowest BCUT2D eigenvalue weighted by atomic mass is 10.0. The summed E-state index contributed by atoms with van der Waals surface area (Å²) in [5.41, 5.74) is 2.45. The molecule has 0 aromatic heterocycles. The van der Waals surface area contributed by atoms with Crippen LogP contribution in [0.25, 0.3) is 6.08 Å². The molecule has 0 bridgehead atoms. The Morgan fingerprint density at radius 2 is 2.23 bits per heavy atom. The van der Waals surface area contributed by atoms with Crippen molar-refractivity contribution in [2.75, 3.05) is 0 Å². The van der Waals surface area contributed by atoms with E-state index in [0.29, 0.717) is 0 Å². The van der Waals surface area contributed by atoms with Gasteiger partial charge in [-0.15, -0.1) is 0 Å². The monoisotopic (exact) mass is 189 g/mol. The lowest BCUT2D eigenvalue weighted by Crippen LogP contribution is -2.10. The van der Waals surface area contributed by atoms with Crippen molar-refractivity contribution in [2.24, 2.45) is 0 Å². The van der Waals surface area contributed by atoms with Crippen LogP contribution in [0.2, 0.25) is 0 Å². The van der Waals surface area contributed by atoms with Gasteiger partial charge in [0, 0.05) is 6.10 Å². The van der Waals surface area contributed by atoms with Crippen LogP contribution in [-0.4, -0.2) is 16.6 Å². The summed E-state index contributed by atoms with van der Waals surface area (Å²) in [7, 11) is 3.04. The molecule has 0 saturated heterocycles. The molecule has 0 aliphatic heterocycles. The molecule has 0 aliphatic rings. The van der Waals surface area contributed by atoms with E-state index in [2.05, 4.69) is 29.2 Å². The van der Waals surface area contributed by atoms with Gasteiger partial charge in [-0.2, -0.15) is 0 Å². The topological polar surface area (TPSA) is 9.23 Å². The second-order valence-electron chi connectivity index (χ2n) is 3.04. The second kappa shape index (κ2) is 4.99. The summed E-state index contributed by atoms with van der Waals surface area (Å²) < 4.78 is 5.02. The van der Waals surface area contributed by atoms with E-state index in [1.165, 1.54) is 11.1 Å². The maximum absolute atomic E-state index is 5.02. The molecule has 0 aliphatic carbocycles.